The van der Waals surface area contributed by atoms with E-state index in [1.165, 1.54) is 18.2 Å². The first kappa shape index (κ1) is 18.7. The summed E-state index contributed by atoms with van der Waals surface area (Å²) in [5.41, 5.74) is 1.42. The van der Waals surface area contributed by atoms with Crippen LogP contribution < -0.4 is 0 Å². The van der Waals surface area contributed by atoms with Gasteiger partial charge in [0.05, 0.1) is 6.04 Å². The largest absolute Gasteiger partial charge is 0.419 e. The van der Waals surface area contributed by atoms with Crippen LogP contribution in [0.15, 0.2) is 52.9 Å². The minimum Gasteiger partial charge on any atom is -0.419 e. The van der Waals surface area contributed by atoms with E-state index in [2.05, 4.69) is 20.0 Å². The van der Waals surface area contributed by atoms with Crippen molar-refractivity contribution in [2.45, 2.75) is 19.5 Å². The van der Waals surface area contributed by atoms with Gasteiger partial charge < -0.3 is 4.42 Å². The summed E-state index contributed by atoms with van der Waals surface area (Å²) in [5, 5.41) is 8.27. The zero-order valence-corrected chi connectivity index (χ0v) is 15.7. The third kappa shape index (κ3) is 4.10. The van der Waals surface area contributed by atoms with Crippen molar-refractivity contribution in [2.75, 3.05) is 26.2 Å². The van der Waals surface area contributed by atoms with Crippen LogP contribution in [0.1, 0.15) is 24.4 Å². The molecule has 3 aromatic rings. The third-order valence-corrected chi connectivity index (χ3v) is 5.20. The van der Waals surface area contributed by atoms with E-state index >= 15 is 0 Å². The number of hydrogen-bond donors (Lipinski definition) is 0. The van der Waals surface area contributed by atoms with E-state index in [0.717, 1.165) is 31.7 Å². The lowest BCUT2D eigenvalue weighted by molar-refractivity contribution is 0.0870. The highest BCUT2D eigenvalue weighted by Gasteiger charge is 2.26. The first-order valence-electron chi connectivity index (χ1n) is 9.39. The Hall–Kier alpha value is -2.64. The van der Waals surface area contributed by atoms with Gasteiger partial charge in [-0.25, -0.2) is 8.78 Å². The minimum absolute atomic E-state index is 0.0164. The van der Waals surface area contributed by atoms with Gasteiger partial charge in [-0.05, 0) is 37.3 Å². The van der Waals surface area contributed by atoms with E-state index in [-0.39, 0.29) is 17.7 Å². The molecule has 1 aliphatic rings. The molecule has 1 saturated heterocycles. The van der Waals surface area contributed by atoms with Crippen molar-refractivity contribution in [1.82, 2.24) is 20.0 Å². The molecule has 0 N–H and O–H groups in total. The van der Waals surface area contributed by atoms with Crippen molar-refractivity contribution >= 4 is 0 Å². The Bertz CT molecular complexity index is 920. The molecule has 4 rings (SSSR count). The Morgan fingerprint density at radius 3 is 2.39 bits per heavy atom. The maximum atomic E-state index is 13.8. The summed E-state index contributed by atoms with van der Waals surface area (Å²) in [6.45, 7) is 6.02. The molecule has 0 aliphatic carbocycles. The molecule has 1 atom stereocenters. The number of halogens is 2. The summed E-state index contributed by atoms with van der Waals surface area (Å²) in [4.78, 5) is 4.53. The Kier molecular flexibility index (Phi) is 5.45. The molecule has 28 heavy (non-hydrogen) atoms. The molecular formula is C21H22F2N4O. The number of piperazine rings is 1. The van der Waals surface area contributed by atoms with Gasteiger partial charge in [-0.1, -0.05) is 18.2 Å². The van der Waals surface area contributed by atoms with Gasteiger partial charge in [0.2, 0.25) is 11.8 Å². The fourth-order valence-electron chi connectivity index (χ4n) is 3.44. The summed E-state index contributed by atoms with van der Waals surface area (Å²) >= 11 is 0. The number of benzene rings is 2. The van der Waals surface area contributed by atoms with E-state index in [9.17, 15) is 8.78 Å². The van der Waals surface area contributed by atoms with E-state index < -0.39 is 0 Å². The zero-order chi connectivity index (χ0) is 19.5. The van der Waals surface area contributed by atoms with Gasteiger partial charge in [-0.2, -0.15) is 0 Å². The second-order valence-corrected chi connectivity index (χ2v) is 7.03. The topological polar surface area (TPSA) is 45.4 Å². The lowest BCUT2D eigenvalue weighted by Gasteiger charge is -2.36. The molecule has 1 aromatic heterocycles. The van der Waals surface area contributed by atoms with Gasteiger partial charge in [0.1, 0.15) is 11.6 Å². The van der Waals surface area contributed by atoms with Gasteiger partial charge in [0.15, 0.2) is 0 Å². The Morgan fingerprint density at radius 2 is 1.68 bits per heavy atom. The van der Waals surface area contributed by atoms with Crippen LogP contribution in [0.5, 0.6) is 0 Å². The number of nitrogens with zero attached hydrogens (tertiary/aromatic N) is 4. The molecule has 0 unspecified atom stereocenters. The molecule has 1 aliphatic heterocycles. The standard InChI is InChI=1S/C21H22F2N4O/c1-15(20-24-25-21(28-20)16-6-8-18(22)9-7-16)27-12-10-26(11-13-27)14-17-4-2-3-5-19(17)23/h2-9,15H,10-14H2,1H3/t15-/m1/s1. The van der Waals surface area contributed by atoms with Crippen molar-refractivity contribution in [2.24, 2.45) is 0 Å². The number of aromatic nitrogens is 2. The summed E-state index contributed by atoms with van der Waals surface area (Å²) in [6, 6.07) is 12.9. The minimum atomic E-state index is -0.301. The monoisotopic (exact) mass is 384 g/mol. The van der Waals surface area contributed by atoms with Crippen LogP contribution in [0.25, 0.3) is 11.5 Å². The van der Waals surface area contributed by atoms with Crippen molar-refractivity contribution in [3.8, 4) is 11.5 Å². The highest BCUT2D eigenvalue weighted by molar-refractivity contribution is 5.51. The second kappa shape index (κ2) is 8.16. The van der Waals surface area contributed by atoms with E-state index in [0.29, 0.717) is 23.9 Å². The maximum Gasteiger partial charge on any atom is 0.247 e. The van der Waals surface area contributed by atoms with Crippen LogP contribution in [-0.2, 0) is 6.54 Å². The van der Waals surface area contributed by atoms with Gasteiger partial charge in [0, 0.05) is 43.9 Å². The summed E-state index contributed by atoms with van der Waals surface area (Å²) in [6.07, 6.45) is 0. The highest BCUT2D eigenvalue weighted by Crippen LogP contribution is 2.25. The number of hydrogen-bond acceptors (Lipinski definition) is 5. The maximum absolute atomic E-state index is 13.8. The molecule has 2 heterocycles. The first-order valence-corrected chi connectivity index (χ1v) is 9.39. The average Bonchev–Trinajstić information content (AvgIpc) is 3.20. The highest BCUT2D eigenvalue weighted by atomic mass is 19.1. The normalized spacial score (nSPS) is 17.0. The Balaban J connectivity index is 1.36. The van der Waals surface area contributed by atoms with Crippen LogP contribution in [0.2, 0.25) is 0 Å². The molecule has 0 radical (unpaired) electrons. The van der Waals surface area contributed by atoms with E-state index in [1.807, 2.05) is 19.1 Å². The quantitative estimate of drug-likeness (QED) is 0.668. The summed E-state index contributed by atoms with van der Waals surface area (Å²) in [5.74, 6) is 0.476. The van der Waals surface area contributed by atoms with Crippen molar-refractivity contribution < 1.29 is 13.2 Å². The van der Waals surface area contributed by atoms with Crippen molar-refractivity contribution in [3.05, 3.63) is 71.6 Å². The molecule has 0 saturated carbocycles. The smallest absolute Gasteiger partial charge is 0.247 e. The van der Waals surface area contributed by atoms with Gasteiger partial charge >= 0.3 is 0 Å². The molecule has 0 amide bonds. The third-order valence-electron chi connectivity index (χ3n) is 5.20. The first-order chi connectivity index (χ1) is 13.6. The lowest BCUT2D eigenvalue weighted by Crippen LogP contribution is -2.46. The van der Waals surface area contributed by atoms with Gasteiger partial charge in [-0.15, -0.1) is 10.2 Å². The molecule has 0 spiro atoms. The van der Waals surface area contributed by atoms with E-state index in [1.54, 1.807) is 18.2 Å². The molecule has 5 nitrogen and oxygen atoms in total. The SMILES string of the molecule is C[C@H](c1nnc(-c2ccc(F)cc2)o1)N1CCN(Cc2ccccc2F)CC1. The second-order valence-electron chi connectivity index (χ2n) is 7.03. The summed E-state index contributed by atoms with van der Waals surface area (Å²) < 4.78 is 32.7. The molecular weight excluding hydrogens is 362 g/mol. The van der Waals surface area contributed by atoms with E-state index in [4.69, 9.17) is 4.42 Å². The molecule has 2 aromatic carbocycles. The Labute approximate surface area is 162 Å². The van der Waals surface area contributed by atoms with Crippen LogP contribution in [-0.4, -0.2) is 46.2 Å². The Morgan fingerprint density at radius 1 is 0.964 bits per heavy atom. The fourth-order valence-corrected chi connectivity index (χ4v) is 3.44. The fraction of sp³-hybridized carbons (Fsp3) is 0.333. The molecule has 146 valence electrons. The molecule has 1 fully saturated rings. The molecule has 0 bridgehead atoms. The lowest BCUT2D eigenvalue weighted by atomic mass is 10.1. The van der Waals surface area contributed by atoms with Crippen molar-refractivity contribution in [1.29, 1.82) is 0 Å². The summed E-state index contributed by atoms with van der Waals surface area (Å²) in [7, 11) is 0. The zero-order valence-electron chi connectivity index (χ0n) is 15.7. The number of rotatable bonds is 5. The van der Waals surface area contributed by atoms with Crippen LogP contribution in [0.3, 0.4) is 0 Å². The van der Waals surface area contributed by atoms with Gasteiger partial charge in [0.25, 0.3) is 0 Å². The predicted molar refractivity (Wildman–Crippen MR) is 101 cm³/mol. The average molecular weight is 384 g/mol. The molecule has 7 heteroatoms. The van der Waals surface area contributed by atoms with Crippen LogP contribution in [0.4, 0.5) is 8.78 Å². The van der Waals surface area contributed by atoms with Crippen molar-refractivity contribution in [3.63, 3.8) is 0 Å². The predicted octanol–water partition coefficient (Wildman–Crippen LogP) is 3.89. The van der Waals surface area contributed by atoms with Crippen LogP contribution >= 0.6 is 0 Å². The van der Waals surface area contributed by atoms with Crippen LogP contribution in [0, 0.1) is 11.6 Å². The van der Waals surface area contributed by atoms with Gasteiger partial charge in [-0.3, -0.25) is 9.80 Å².